The van der Waals surface area contributed by atoms with Gasteiger partial charge in [0.05, 0.1) is 16.8 Å². The van der Waals surface area contributed by atoms with E-state index in [9.17, 15) is 28.1 Å². The maximum atomic E-state index is 13.6. The molecule has 1 N–H and O–H groups in total. The quantitative estimate of drug-likeness (QED) is 0.508. The van der Waals surface area contributed by atoms with Crippen molar-refractivity contribution in [3.05, 3.63) is 82.2 Å². The minimum Gasteiger partial charge on any atom is -0.406 e. The average molecular weight is 406 g/mol. The first-order valence-corrected chi connectivity index (χ1v) is 8.15. The lowest BCUT2D eigenvalue weighted by atomic mass is 10.2. The minimum atomic E-state index is -4.90. The molecule has 3 aromatic rings. The second kappa shape index (κ2) is 8.00. The summed E-state index contributed by atoms with van der Waals surface area (Å²) in [6.07, 6.45) is -5.22. The van der Waals surface area contributed by atoms with Gasteiger partial charge in [0, 0.05) is 18.7 Å². The summed E-state index contributed by atoms with van der Waals surface area (Å²) < 4.78 is 46.0. The van der Waals surface area contributed by atoms with Crippen LogP contribution in [0.4, 0.5) is 23.7 Å². The Morgan fingerprint density at radius 2 is 1.79 bits per heavy atom. The summed E-state index contributed by atoms with van der Waals surface area (Å²) in [5.74, 6) is -0.790. The first-order chi connectivity index (χ1) is 13.8. The van der Waals surface area contributed by atoms with Crippen molar-refractivity contribution in [2.45, 2.75) is 12.7 Å². The van der Waals surface area contributed by atoms with E-state index in [0.29, 0.717) is 4.68 Å². The smallest absolute Gasteiger partial charge is 0.406 e. The second-order valence-corrected chi connectivity index (χ2v) is 5.77. The molecule has 29 heavy (non-hydrogen) atoms. The van der Waals surface area contributed by atoms with Crippen LogP contribution >= 0.6 is 0 Å². The van der Waals surface area contributed by atoms with Gasteiger partial charge in [0.25, 0.3) is 5.69 Å². The lowest BCUT2D eigenvalue weighted by Gasteiger charge is -2.12. The molecular weight excluding hydrogens is 393 g/mol. The third kappa shape index (κ3) is 4.69. The van der Waals surface area contributed by atoms with E-state index in [0.717, 1.165) is 36.0 Å². The van der Waals surface area contributed by atoms with Crippen molar-refractivity contribution in [3.63, 3.8) is 0 Å². The van der Waals surface area contributed by atoms with Crippen LogP contribution in [0, 0.1) is 10.1 Å². The molecule has 0 fully saturated rings. The predicted molar refractivity (Wildman–Crippen MR) is 94.5 cm³/mol. The summed E-state index contributed by atoms with van der Waals surface area (Å²) in [5, 5.41) is 16.7. The molecule has 0 atom stereocenters. The van der Waals surface area contributed by atoms with Gasteiger partial charge < -0.3 is 10.1 Å². The third-order valence-corrected chi connectivity index (χ3v) is 3.79. The number of alkyl halides is 3. The van der Waals surface area contributed by atoms with Crippen LogP contribution in [-0.4, -0.2) is 20.8 Å². The van der Waals surface area contributed by atoms with Crippen molar-refractivity contribution in [2.24, 2.45) is 0 Å². The zero-order valence-corrected chi connectivity index (χ0v) is 14.6. The normalized spacial score (nSPS) is 11.1. The molecule has 11 heteroatoms. The molecule has 1 amide bonds. The van der Waals surface area contributed by atoms with E-state index in [4.69, 9.17) is 4.74 Å². The first-order valence-electron chi connectivity index (χ1n) is 8.15. The van der Waals surface area contributed by atoms with Gasteiger partial charge in [-0.1, -0.05) is 30.3 Å². The first kappa shape index (κ1) is 19.9. The van der Waals surface area contributed by atoms with E-state index < -0.39 is 28.6 Å². The number of ether oxygens (including phenoxy) is 1. The van der Waals surface area contributed by atoms with E-state index in [1.54, 1.807) is 30.3 Å². The molecule has 2 aromatic carbocycles. The summed E-state index contributed by atoms with van der Waals surface area (Å²) in [6.45, 7) is 0.0670. The summed E-state index contributed by atoms with van der Waals surface area (Å²) in [6, 6.07) is 13.1. The highest BCUT2D eigenvalue weighted by Gasteiger charge is 2.40. The Hall–Kier alpha value is -3.89. The Kier molecular flexibility index (Phi) is 5.48. The van der Waals surface area contributed by atoms with E-state index in [2.05, 4.69) is 10.4 Å². The van der Waals surface area contributed by atoms with Gasteiger partial charge >= 0.3 is 12.3 Å². The van der Waals surface area contributed by atoms with Crippen LogP contribution in [0.2, 0.25) is 0 Å². The second-order valence-electron chi connectivity index (χ2n) is 5.77. The number of hydrogen-bond acceptors (Lipinski definition) is 5. The minimum absolute atomic E-state index is 0.0670. The maximum Gasteiger partial charge on any atom is 0.437 e. The van der Waals surface area contributed by atoms with Crippen molar-refractivity contribution < 1.29 is 27.6 Å². The van der Waals surface area contributed by atoms with E-state index in [1.807, 2.05) is 0 Å². The highest BCUT2D eigenvalue weighted by molar-refractivity contribution is 5.70. The number of nitro benzene ring substituents is 1. The van der Waals surface area contributed by atoms with Gasteiger partial charge in [-0.2, -0.15) is 18.3 Å². The number of carbonyl (C=O) groups is 1. The Labute approximate surface area is 161 Å². The number of amides is 1. The topological polar surface area (TPSA) is 99.3 Å². The number of nitro groups is 1. The number of hydrogen-bond donors (Lipinski definition) is 1. The molecule has 0 spiro atoms. The highest BCUT2D eigenvalue weighted by Crippen LogP contribution is 2.37. The number of carbonyl (C=O) groups excluding carboxylic acids is 1. The molecule has 0 aliphatic carbocycles. The zero-order chi connectivity index (χ0) is 21.0. The molecule has 8 nitrogen and oxygen atoms in total. The molecule has 0 saturated carbocycles. The van der Waals surface area contributed by atoms with Gasteiger partial charge in [0.1, 0.15) is 0 Å². The molecule has 0 aliphatic heterocycles. The van der Waals surface area contributed by atoms with Crippen LogP contribution in [0.15, 0.2) is 60.8 Å². The van der Waals surface area contributed by atoms with E-state index in [1.165, 1.54) is 0 Å². The molecule has 0 radical (unpaired) electrons. The van der Waals surface area contributed by atoms with Gasteiger partial charge in [0.15, 0.2) is 11.4 Å². The molecular formula is C18H13F3N4O4. The van der Waals surface area contributed by atoms with Gasteiger partial charge in [-0.05, 0) is 17.7 Å². The molecule has 0 aliphatic rings. The van der Waals surface area contributed by atoms with Crippen LogP contribution in [0.5, 0.6) is 5.75 Å². The number of benzene rings is 2. The lowest BCUT2D eigenvalue weighted by molar-refractivity contribution is -0.384. The maximum absolute atomic E-state index is 13.6. The molecule has 150 valence electrons. The van der Waals surface area contributed by atoms with Gasteiger partial charge in [-0.25, -0.2) is 9.48 Å². The average Bonchev–Trinajstić information content (AvgIpc) is 3.11. The fourth-order valence-corrected chi connectivity index (χ4v) is 2.49. The summed E-state index contributed by atoms with van der Waals surface area (Å²) >= 11 is 0. The predicted octanol–water partition coefficient (Wildman–Crippen LogP) is 4.09. The van der Waals surface area contributed by atoms with Crippen LogP contribution in [0.3, 0.4) is 0 Å². The summed E-state index contributed by atoms with van der Waals surface area (Å²) in [4.78, 5) is 21.9. The van der Waals surface area contributed by atoms with Crippen molar-refractivity contribution in [1.82, 2.24) is 15.1 Å². The summed E-state index contributed by atoms with van der Waals surface area (Å²) in [5.41, 5.74) is -0.947. The standard InChI is InChI=1S/C18H13F3N4O4/c19-18(20,21)16-15(29-17(26)22-10-12-4-2-1-3-5-12)11-23-24(16)13-6-8-14(9-7-13)25(27)28/h1-9,11H,10H2,(H,22,26). The molecule has 0 bridgehead atoms. The van der Waals surface area contributed by atoms with Gasteiger partial charge in [-0.3, -0.25) is 10.1 Å². The Balaban J connectivity index is 1.82. The van der Waals surface area contributed by atoms with E-state index in [-0.39, 0.29) is 17.9 Å². The van der Waals surface area contributed by atoms with Crippen molar-refractivity contribution >= 4 is 11.8 Å². The van der Waals surface area contributed by atoms with Crippen LogP contribution in [0.1, 0.15) is 11.3 Å². The van der Waals surface area contributed by atoms with Crippen molar-refractivity contribution in [1.29, 1.82) is 0 Å². The van der Waals surface area contributed by atoms with Crippen LogP contribution in [-0.2, 0) is 12.7 Å². The number of nitrogens with zero attached hydrogens (tertiary/aromatic N) is 3. The van der Waals surface area contributed by atoms with Crippen molar-refractivity contribution in [3.8, 4) is 11.4 Å². The lowest BCUT2D eigenvalue weighted by Crippen LogP contribution is -2.27. The number of nitrogens with one attached hydrogen (secondary N) is 1. The highest BCUT2D eigenvalue weighted by atomic mass is 19.4. The number of aromatic nitrogens is 2. The third-order valence-electron chi connectivity index (χ3n) is 3.79. The van der Waals surface area contributed by atoms with E-state index >= 15 is 0 Å². The fourth-order valence-electron chi connectivity index (χ4n) is 2.49. The molecule has 3 rings (SSSR count). The summed E-state index contributed by atoms with van der Waals surface area (Å²) in [7, 11) is 0. The largest absolute Gasteiger partial charge is 0.437 e. The van der Waals surface area contributed by atoms with Gasteiger partial charge in [-0.15, -0.1) is 0 Å². The van der Waals surface area contributed by atoms with Crippen LogP contribution < -0.4 is 10.1 Å². The molecule has 1 aromatic heterocycles. The number of non-ortho nitro benzene ring substituents is 1. The van der Waals surface area contributed by atoms with Gasteiger partial charge in [0.2, 0.25) is 0 Å². The molecule has 0 saturated heterocycles. The van der Waals surface area contributed by atoms with Crippen molar-refractivity contribution in [2.75, 3.05) is 0 Å². The number of rotatable bonds is 5. The molecule has 1 heterocycles. The Morgan fingerprint density at radius 1 is 1.14 bits per heavy atom. The fraction of sp³-hybridized carbons (Fsp3) is 0.111. The SMILES string of the molecule is O=C(NCc1ccccc1)Oc1cnn(-c2ccc([N+](=O)[O-])cc2)c1C(F)(F)F. The number of halogens is 3. The monoisotopic (exact) mass is 406 g/mol. The Bertz CT molecular complexity index is 1020. The zero-order valence-electron chi connectivity index (χ0n) is 14.6. The Morgan fingerprint density at radius 3 is 2.38 bits per heavy atom. The van der Waals surface area contributed by atoms with Crippen LogP contribution in [0.25, 0.3) is 5.69 Å². The molecule has 0 unspecified atom stereocenters.